The molecule has 0 aliphatic carbocycles. The third-order valence-electron chi connectivity index (χ3n) is 5.25. The number of hydrogen-bond acceptors (Lipinski definition) is 5. The summed E-state index contributed by atoms with van der Waals surface area (Å²) in [6.07, 6.45) is 0. The van der Waals surface area contributed by atoms with E-state index in [2.05, 4.69) is 0 Å². The van der Waals surface area contributed by atoms with Gasteiger partial charge in [0.05, 0.1) is 38.6 Å². The van der Waals surface area contributed by atoms with Crippen LogP contribution in [-0.4, -0.2) is 32.7 Å². The number of rotatable bonds is 5. The Hall–Kier alpha value is -3.64. The summed E-state index contributed by atoms with van der Waals surface area (Å²) in [5, 5.41) is 0. The lowest BCUT2D eigenvalue weighted by molar-refractivity contribution is -0.123. The molecule has 0 radical (unpaired) electrons. The molecule has 4 rings (SSSR count). The molecule has 3 aromatic rings. The van der Waals surface area contributed by atoms with Crippen molar-refractivity contribution < 1.29 is 23.8 Å². The first-order valence-electron chi connectivity index (χ1n) is 9.92. The van der Waals surface area contributed by atoms with Gasteiger partial charge in [-0.15, -0.1) is 0 Å². The van der Waals surface area contributed by atoms with Crippen LogP contribution in [0.4, 0.5) is 5.69 Å². The zero-order valence-corrected chi connectivity index (χ0v) is 17.5. The van der Waals surface area contributed by atoms with E-state index in [1.54, 1.807) is 24.1 Å². The van der Waals surface area contributed by atoms with Gasteiger partial charge in [0.25, 0.3) is 5.91 Å². The van der Waals surface area contributed by atoms with Crippen molar-refractivity contribution in [2.45, 2.75) is 13.2 Å². The molecule has 0 aromatic heterocycles. The molecule has 6 heteroatoms. The van der Waals surface area contributed by atoms with Gasteiger partial charge in [-0.2, -0.15) is 0 Å². The maximum atomic E-state index is 12.9. The van der Waals surface area contributed by atoms with Crippen molar-refractivity contribution in [3.05, 3.63) is 83.4 Å². The molecule has 0 N–H and O–H groups in total. The fourth-order valence-corrected chi connectivity index (χ4v) is 3.65. The van der Waals surface area contributed by atoms with Crippen LogP contribution in [0.25, 0.3) is 11.1 Å². The Morgan fingerprint density at radius 2 is 1.77 bits per heavy atom. The van der Waals surface area contributed by atoms with Gasteiger partial charge in [0.1, 0.15) is 12.4 Å². The molecule has 0 unspecified atom stereocenters. The van der Waals surface area contributed by atoms with Crippen molar-refractivity contribution in [2.24, 2.45) is 0 Å². The highest BCUT2D eigenvalue weighted by Crippen LogP contribution is 2.32. The highest BCUT2D eigenvalue weighted by Gasteiger charge is 2.24. The maximum Gasteiger partial charge on any atom is 0.337 e. The van der Waals surface area contributed by atoms with Crippen molar-refractivity contribution in [1.29, 1.82) is 0 Å². The van der Waals surface area contributed by atoms with Crippen LogP contribution >= 0.6 is 0 Å². The second-order valence-corrected chi connectivity index (χ2v) is 7.24. The molecule has 6 nitrogen and oxygen atoms in total. The summed E-state index contributed by atoms with van der Waals surface area (Å²) in [5.41, 5.74) is 4.92. The summed E-state index contributed by atoms with van der Waals surface area (Å²) in [5.74, 6) is 0.242. The van der Waals surface area contributed by atoms with E-state index in [0.717, 1.165) is 33.7 Å². The van der Waals surface area contributed by atoms with Crippen LogP contribution in [0, 0.1) is 0 Å². The minimum atomic E-state index is -0.389. The Bertz CT molecular complexity index is 1120. The molecule has 0 atom stereocenters. The highest BCUT2D eigenvalue weighted by atomic mass is 16.5. The van der Waals surface area contributed by atoms with E-state index in [-0.39, 0.29) is 18.5 Å². The van der Waals surface area contributed by atoms with Gasteiger partial charge in [0, 0.05) is 5.56 Å². The number of esters is 1. The van der Waals surface area contributed by atoms with Crippen molar-refractivity contribution in [1.82, 2.24) is 0 Å². The standard InChI is InChI=1S/C25H23NO5/c1-29-22-8-3-5-17(11-22)14-26-23-13-19(9-10-21(23)15-31-16-24(26)27)18-6-4-7-20(12-18)25(28)30-2/h3-13H,14-16H2,1-2H3. The van der Waals surface area contributed by atoms with Crippen LogP contribution < -0.4 is 9.64 Å². The van der Waals surface area contributed by atoms with Crippen molar-refractivity contribution >= 4 is 17.6 Å². The number of benzene rings is 3. The van der Waals surface area contributed by atoms with Gasteiger partial charge in [0.15, 0.2) is 0 Å². The Morgan fingerprint density at radius 3 is 2.58 bits per heavy atom. The van der Waals surface area contributed by atoms with E-state index in [1.807, 2.05) is 54.6 Å². The number of methoxy groups -OCH3 is 2. The number of amides is 1. The first-order chi connectivity index (χ1) is 15.1. The van der Waals surface area contributed by atoms with Crippen LogP contribution in [0.5, 0.6) is 5.75 Å². The zero-order valence-electron chi connectivity index (χ0n) is 17.5. The molecule has 0 spiro atoms. The zero-order chi connectivity index (χ0) is 21.8. The summed E-state index contributed by atoms with van der Waals surface area (Å²) >= 11 is 0. The average molecular weight is 417 g/mol. The van der Waals surface area contributed by atoms with E-state index in [4.69, 9.17) is 14.2 Å². The molecular formula is C25H23NO5. The summed E-state index contributed by atoms with van der Waals surface area (Å²) < 4.78 is 15.7. The first-order valence-corrected chi connectivity index (χ1v) is 9.92. The Morgan fingerprint density at radius 1 is 0.968 bits per heavy atom. The molecule has 3 aromatic carbocycles. The van der Waals surface area contributed by atoms with Gasteiger partial charge >= 0.3 is 5.97 Å². The van der Waals surface area contributed by atoms with Crippen LogP contribution in [0.3, 0.4) is 0 Å². The van der Waals surface area contributed by atoms with Gasteiger partial charge in [-0.3, -0.25) is 4.79 Å². The van der Waals surface area contributed by atoms with Crippen molar-refractivity contribution in [2.75, 3.05) is 25.7 Å². The summed E-state index contributed by atoms with van der Waals surface area (Å²) in [4.78, 5) is 26.5. The van der Waals surface area contributed by atoms with E-state index in [0.29, 0.717) is 18.7 Å². The number of ether oxygens (including phenoxy) is 3. The van der Waals surface area contributed by atoms with Gasteiger partial charge < -0.3 is 19.1 Å². The minimum absolute atomic E-state index is 0.0197. The minimum Gasteiger partial charge on any atom is -0.497 e. The normalized spacial score (nSPS) is 13.4. The molecule has 1 aliphatic heterocycles. The molecule has 158 valence electrons. The first kappa shape index (κ1) is 20.6. The molecule has 0 saturated carbocycles. The molecule has 31 heavy (non-hydrogen) atoms. The predicted molar refractivity (Wildman–Crippen MR) is 117 cm³/mol. The maximum absolute atomic E-state index is 12.9. The van der Waals surface area contributed by atoms with Gasteiger partial charge in [-0.1, -0.05) is 36.4 Å². The summed E-state index contributed by atoms with van der Waals surface area (Å²) in [6, 6.07) is 20.8. The molecule has 1 amide bonds. The van der Waals surface area contributed by atoms with E-state index in [9.17, 15) is 9.59 Å². The van der Waals surface area contributed by atoms with Crippen molar-refractivity contribution in [3.63, 3.8) is 0 Å². The molecular weight excluding hydrogens is 394 g/mol. The molecule has 1 aliphatic rings. The Labute approximate surface area is 181 Å². The topological polar surface area (TPSA) is 65.1 Å². The Balaban J connectivity index is 1.73. The molecule has 0 bridgehead atoms. The van der Waals surface area contributed by atoms with Crippen LogP contribution in [0.1, 0.15) is 21.5 Å². The fourth-order valence-electron chi connectivity index (χ4n) is 3.65. The predicted octanol–water partition coefficient (Wildman–Crippen LogP) is 4.21. The lowest BCUT2D eigenvalue weighted by atomic mass is 10.00. The monoisotopic (exact) mass is 417 g/mol. The second kappa shape index (κ2) is 9.02. The SMILES string of the molecule is COC(=O)c1cccc(-c2ccc3c(c2)N(Cc2cccc(OC)c2)C(=O)COC3)c1. The van der Waals surface area contributed by atoms with Gasteiger partial charge in [-0.05, 0) is 47.0 Å². The van der Waals surface area contributed by atoms with E-state index >= 15 is 0 Å². The lowest BCUT2D eigenvalue weighted by Gasteiger charge is -2.23. The summed E-state index contributed by atoms with van der Waals surface area (Å²) in [7, 11) is 2.98. The highest BCUT2D eigenvalue weighted by molar-refractivity contribution is 5.96. The quantitative estimate of drug-likeness (QED) is 0.582. The number of nitrogens with zero attached hydrogens (tertiary/aromatic N) is 1. The third-order valence-corrected chi connectivity index (χ3v) is 5.25. The van der Waals surface area contributed by atoms with Gasteiger partial charge in [-0.25, -0.2) is 4.79 Å². The van der Waals surface area contributed by atoms with Crippen LogP contribution in [0.2, 0.25) is 0 Å². The van der Waals surface area contributed by atoms with Gasteiger partial charge in [0.2, 0.25) is 0 Å². The number of carbonyl (C=O) groups excluding carboxylic acids is 2. The second-order valence-electron chi connectivity index (χ2n) is 7.24. The molecule has 0 saturated heterocycles. The largest absolute Gasteiger partial charge is 0.497 e. The Kier molecular flexibility index (Phi) is 6.00. The van der Waals surface area contributed by atoms with Crippen LogP contribution in [0.15, 0.2) is 66.7 Å². The van der Waals surface area contributed by atoms with Crippen molar-refractivity contribution in [3.8, 4) is 16.9 Å². The third kappa shape index (κ3) is 4.44. The number of carbonyl (C=O) groups is 2. The van der Waals surface area contributed by atoms with E-state index < -0.39 is 0 Å². The van der Waals surface area contributed by atoms with E-state index in [1.165, 1.54) is 7.11 Å². The molecule has 1 heterocycles. The number of hydrogen-bond donors (Lipinski definition) is 0. The smallest absolute Gasteiger partial charge is 0.337 e. The number of fused-ring (bicyclic) bond motifs is 1. The molecule has 0 fully saturated rings. The summed E-state index contributed by atoms with van der Waals surface area (Å²) in [6.45, 7) is 0.780. The van der Waals surface area contributed by atoms with Crippen LogP contribution in [-0.2, 0) is 27.4 Å². The lowest BCUT2D eigenvalue weighted by Crippen LogP contribution is -2.32. The fraction of sp³-hybridized carbons (Fsp3) is 0.200. The number of anilines is 1. The average Bonchev–Trinajstić information content (AvgIpc) is 2.97.